The summed E-state index contributed by atoms with van der Waals surface area (Å²) < 4.78 is 15.7. The average Bonchev–Trinajstić information content (AvgIpc) is 2.65. The largest absolute Gasteiger partial charge is 0.539 e. The maximum Gasteiger partial charge on any atom is 0.351 e. The molecule has 0 heterocycles. The fraction of sp³-hybridized carbons (Fsp3) is 0.444. The van der Waals surface area contributed by atoms with Crippen LogP contribution >= 0.6 is 0 Å². The first kappa shape index (κ1) is 24.4. The third-order valence-electron chi connectivity index (χ3n) is 3.24. The molecule has 0 aliphatic rings. The number of carbonyl (C=O) groups excluding carboxylic acids is 1. The predicted octanol–water partition coefficient (Wildman–Crippen LogP) is -1.81. The van der Waals surface area contributed by atoms with Crippen molar-refractivity contribution in [1.29, 1.82) is 0 Å². The number of hydrogen-bond donors (Lipinski definition) is 3. The van der Waals surface area contributed by atoms with Gasteiger partial charge in [-0.2, -0.15) is 0 Å². The summed E-state index contributed by atoms with van der Waals surface area (Å²) in [4.78, 5) is 18.0. The Bertz CT molecular complexity index is 579. The Morgan fingerprint density at radius 1 is 1.30 bits per heavy atom. The van der Waals surface area contributed by atoms with Crippen LogP contribution < -0.4 is 19.9 Å². The maximum absolute atomic E-state index is 9.70. The van der Waals surface area contributed by atoms with Crippen molar-refractivity contribution >= 4 is 11.9 Å². The van der Waals surface area contributed by atoms with Gasteiger partial charge >= 0.3 is 5.97 Å². The molecule has 1 atom stereocenters. The van der Waals surface area contributed by atoms with Crippen LogP contribution in [-0.2, 0) is 20.7 Å². The van der Waals surface area contributed by atoms with Crippen molar-refractivity contribution in [2.24, 2.45) is 0 Å². The molecule has 4 N–H and O–H groups in total. The number of aliphatic carboxylic acids is 2. The molecule has 0 radical (unpaired) electrons. The molecule has 9 nitrogen and oxygen atoms in total. The SMILES string of the molecule is C=CCOCC(O)C[NH2+]CCc1ccc(OC)c(OC)c1.O=C([O-])C(=O)O. The van der Waals surface area contributed by atoms with Gasteiger partial charge < -0.3 is 39.6 Å². The van der Waals surface area contributed by atoms with Gasteiger partial charge in [-0.1, -0.05) is 12.1 Å². The third-order valence-corrected chi connectivity index (χ3v) is 3.24. The highest BCUT2D eigenvalue weighted by Crippen LogP contribution is 2.27. The molecule has 0 saturated carbocycles. The molecule has 0 saturated heterocycles. The molecule has 0 spiro atoms. The zero-order valence-electron chi connectivity index (χ0n) is 15.6. The summed E-state index contributed by atoms with van der Waals surface area (Å²) >= 11 is 0. The zero-order chi connectivity index (χ0) is 20.7. The predicted molar refractivity (Wildman–Crippen MR) is 94.6 cm³/mol. The Labute approximate surface area is 158 Å². The lowest BCUT2D eigenvalue weighted by atomic mass is 10.1. The van der Waals surface area contributed by atoms with Crippen molar-refractivity contribution in [2.45, 2.75) is 12.5 Å². The van der Waals surface area contributed by atoms with Gasteiger partial charge in [0.25, 0.3) is 0 Å². The van der Waals surface area contributed by atoms with Crippen LogP contribution in [0.4, 0.5) is 0 Å². The van der Waals surface area contributed by atoms with Crippen LogP contribution in [0.15, 0.2) is 30.9 Å². The molecule has 1 rings (SSSR count). The second kappa shape index (κ2) is 14.5. The Morgan fingerprint density at radius 3 is 2.44 bits per heavy atom. The van der Waals surface area contributed by atoms with E-state index in [4.69, 9.17) is 34.0 Å². The Balaban J connectivity index is 0.000000972. The molecule has 27 heavy (non-hydrogen) atoms. The Hall–Kier alpha value is -2.62. The first-order chi connectivity index (χ1) is 12.8. The highest BCUT2D eigenvalue weighted by atomic mass is 16.5. The molecule has 0 amide bonds. The molecule has 9 heteroatoms. The van der Waals surface area contributed by atoms with E-state index in [1.165, 1.54) is 5.56 Å². The van der Waals surface area contributed by atoms with Gasteiger partial charge in [-0.3, -0.25) is 0 Å². The topological polar surface area (TPSA) is 142 Å². The first-order valence-corrected chi connectivity index (χ1v) is 8.19. The van der Waals surface area contributed by atoms with Gasteiger partial charge in [0.15, 0.2) is 17.5 Å². The number of aliphatic hydroxyl groups is 1. The van der Waals surface area contributed by atoms with Crippen LogP contribution in [0.2, 0.25) is 0 Å². The highest BCUT2D eigenvalue weighted by Gasteiger charge is 2.07. The monoisotopic (exact) mass is 385 g/mol. The van der Waals surface area contributed by atoms with E-state index in [0.717, 1.165) is 24.5 Å². The smallest absolute Gasteiger partial charge is 0.351 e. The van der Waals surface area contributed by atoms with Crippen molar-refractivity contribution < 1.29 is 44.4 Å². The Morgan fingerprint density at radius 2 is 1.93 bits per heavy atom. The number of quaternary nitrogens is 1. The molecule has 152 valence electrons. The van der Waals surface area contributed by atoms with E-state index in [1.807, 2.05) is 18.2 Å². The summed E-state index contributed by atoms with van der Waals surface area (Å²) in [6.45, 7) is 5.91. The van der Waals surface area contributed by atoms with Crippen molar-refractivity contribution in [3.05, 3.63) is 36.4 Å². The minimum Gasteiger partial charge on any atom is -0.539 e. The van der Waals surface area contributed by atoms with Crippen LogP contribution in [0.3, 0.4) is 0 Å². The number of rotatable bonds is 11. The van der Waals surface area contributed by atoms with Crippen LogP contribution in [0.25, 0.3) is 0 Å². The molecule has 1 unspecified atom stereocenters. The number of aliphatic hydroxyl groups excluding tert-OH is 1. The van der Waals surface area contributed by atoms with E-state index >= 15 is 0 Å². The average molecular weight is 385 g/mol. The van der Waals surface area contributed by atoms with Crippen LogP contribution in [-0.4, -0.2) is 68.8 Å². The van der Waals surface area contributed by atoms with E-state index in [-0.39, 0.29) is 0 Å². The molecule has 0 fully saturated rings. The number of ether oxygens (including phenoxy) is 3. The molecule has 0 bridgehead atoms. The van der Waals surface area contributed by atoms with E-state index in [1.54, 1.807) is 20.3 Å². The standard InChI is InChI=1S/C16H25NO4.C2H2O4/c1-4-9-21-12-14(18)11-17-8-7-13-5-6-15(19-2)16(10-13)20-3;3-1(4)2(5)6/h4-6,10,14,17-18H,1,7-9,11-12H2,2-3H3;(H,3,4)(H,5,6). The summed E-state index contributed by atoms with van der Waals surface area (Å²) in [5, 5.41) is 28.1. The molecule has 1 aromatic carbocycles. The van der Waals surface area contributed by atoms with Gasteiger partial charge in [0.2, 0.25) is 0 Å². The lowest BCUT2D eigenvalue weighted by molar-refractivity contribution is -0.660. The summed E-state index contributed by atoms with van der Waals surface area (Å²) in [6.07, 6.45) is 2.13. The van der Waals surface area contributed by atoms with Gasteiger partial charge in [-0.15, -0.1) is 6.58 Å². The van der Waals surface area contributed by atoms with Crippen molar-refractivity contribution in [2.75, 3.05) is 40.5 Å². The number of carbonyl (C=O) groups is 2. The number of carboxylic acid groups (broad SMARTS) is 2. The number of benzene rings is 1. The fourth-order valence-corrected chi connectivity index (χ4v) is 1.97. The second-order valence-corrected chi connectivity index (χ2v) is 5.32. The van der Waals surface area contributed by atoms with E-state index < -0.39 is 18.0 Å². The molecule has 0 aromatic heterocycles. The maximum atomic E-state index is 9.70. The zero-order valence-corrected chi connectivity index (χ0v) is 15.6. The van der Waals surface area contributed by atoms with Gasteiger partial charge in [0.1, 0.15) is 12.6 Å². The number of methoxy groups -OCH3 is 2. The number of carboxylic acids is 2. The number of hydrogen-bond acceptors (Lipinski definition) is 7. The lowest BCUT2D eigenvalue weighted by Crippen LogP contribution is -2.87. The van der Waals surface area contributed by atoms with Crippen LogP contribution in [0.1, 0.15) is 5.56 Å². The van der Waals surface area contributed by atoms with Gasteiger partial charge in [0, 0.05) is 6.42 Å². The quantitative estimate of drug-likeness (QED) is 0.230. The van der Waals surface area contributed by atoms with Crippen LogP contribution in [0, 0.1) is 0 Å². The summed E-state index contributed by atoms with van der Waals surface area (Å²) in [7, 11) is 3.26. The Kier molecular flexibility index (Phi) is 13.1. The van der Waals surface area contributed by atoms with E-state index in [0.29, 0.717) is 19.8 Å². The normalized spacial score (nSPS) is 10.9. The molecule has 1 aromatic rings. The molecule has 0 aliphatic heterocycles. The minimum absolute atomic E-state index is 0.346. The molecular weight excluding hydrogens is 358 g/mol. The first-order valence-electron chi connectivity index (χ1n) is 8.19. The van der Waals surface area contributed by atoms with Crippen molar-refractivity contribution in [3.8, 4) is 11.5 Å². The number of nitrogens with two attached hydrogens (primary N) is 1. The highest BCUT2D eigenvalue weighted by molar-refractivity contribution is 6.26. The summed E-state index contributed by atoms with van der Waals surface area (Å²) in [6, 6.07) is 5.92. The van der Waals surface area contributed by atoms with E-state index in [2.05, 4.69) is 11.9 Å². The lowest BCUT2D eigenvalue weighted by Gasteiger charge is -2.11. The molecular formula is C18H27NO8. The van der Waals surface area contributed by atoms with Gasteiger partial charge in [0.05, 0.1) is 34.0 Å². The van der Waals surface area contributed by atoms with Crippen molar-refractivity contribution in [3.63, 3.8) is 0 Å². The minimum atomic E-state index is -2.07. The third kappa shape index (κ3) is 11.6. The molecule has 0 aliphatic carbocycles. The fourth-order valence-electron chi connectivity index (χ4n) is 1.97. The van der Waals surface area contributed by atoms with E-state index in [9.17, 15) is 5.11 Å². The van der Waals surface area contributed by atoms with Crippen LogP contribution in [0.5, 0.6) is 11.5 Å². The van der Waals surface area contributed by atoms with Crippen molar-refractivity contribution in [1.82, 2.24) is 0 Å². The second-order valence-electron chi connectivity index (χ2n) is 5.32. The van der Waals surface area contributed by atoms with Gasteiger partial charge in [-0.05, 0) is 17.7 Å². The summed E-state index contributed by atoms with van der Waals surface area (Å²) in [5.41, 5.74) is 1.18. The van der Waals surface area contributed by atoms with Gasteiger partial charge in [-0.25, -0.2) is 4.79 Å². The summed E-state index contributed by atoms with van der Waals surface area (Å²) in [5.74, 6) is -2.53.